The third kappa shape index (κ3) is 4.11. The molecule has 1 amide bonds. The lowest BCUT2D eigenvalue weighted by atomic mass is 10.1. The van der Waals surface area contributed by atoms with Crippen molar-refractivity contribution < 1.29 is 9.18 Å². The Labute approximate surface area is 181 Å². The van der Waals surface area contributed by atoms with Crippen molar-refractivity contribution in [3.05, 3.63) is 41.6 Å². The number of fused-ring (bicyclic) bond motifs is 1. The summed E-state index contributed by atoms with van der Waals surface area (Å²) in [5.41, 5.74) is 2.33. The molecule has 1 fully saturated rings. The minimum atomic E-state index is -0.284. The van der Waals surface area contributed by atoms with Gasteiger partial charge in [0.2, 0.25) is 5.91 Å². The van der Waals surface area contributed by atoms with Crippen LogP contribution < -0.4 is 4.90 Å². The molecule has 8 heteroatoms. The number of rotatable bonds is 5. The number of hydrogen-bond acceptors (Lipinski definition) is 5. The molecule has 31 heavy (non-hydrogen) atoms. The van der Waals surface area contributed by atoms with Crippen molar-refractivity contribution in [3.63, 3.8) is 0 Å². The van der Waals surface area contributed by atoms with Gasteiger partial charge in [0.1, 0.15) is 17.5 Å². The van der Waals surface area contributed by atoms with Crippen molar-refractivity contribution in [1.82, 2.24) is 24.6 Å². The molecular weight excluding hydrogens is 395 g/mol. The summed E-state index contributed by atoms with van der Waals surface area (Å²) >= 11 is 0. The molecule has 1 aromatic carbocycles. The lowest BCUT2D eigenvalue weighted by molar-refractivity contribution is -0.129. The van der Waals surface area contributed by atoms with Gasteiger partial charge in [0.05, 0.1) is 16.8 Å². The molecular formula is C23H29FN6O. The molecule has 0 bridgehead atoms. The molecule has 1 aliphatic rings. The first-order valence-corrected chi connectivity index (χ1v) is 10.9. The van der Waals surface area contributed by atoms with Crippen LogP contribution in [0.15, 0.2) is 24.3 Å². The molecule has 1 unspecified atom stereocenters. The van der Waals surface area contributed by atoms with Crippen molar-refractivity contribution in [1.29, 1.82) is 0 Å². The molecule has 2 aromatic heterocycles. The number of hydrogen-bond donors (Lipinski definition) is 0. The lowest BCUT2D eigenvalue weighted by Crippen LogP contribution is -2.48. The Hall–Kier alpha value is -3.03. The van der Waals surface area contributed by atoms with Crippen LogP contribution in [-0.4, -0.2) is 56.7 Å². The maximum absolute atomic E-state index is 13.5. The predicted octanol–water partition coefficient (Wildman–Crippen LogP) is 3.84. The van der Waals surface area contributed by atoms with Gasteiger partial charge in [0.15, 0.2) is 5.65 Å². The molecule has 0 saturated carbocycles. The van der Waals surface area contributed by atoms with Crippen LogP contribution in [-0.2, 0) is 4.79 Å². The van der Waals surface area contributed by atoms with Gasteiger partial charge in [-0.15, -0.1) is 0 Å². The fourth-order valence-corrected chi connectivity index (χ4v) is 4.18. The molecule has 3 aromatic rings. The number of carbonyl (C=O) groups excluding carboxylic acids is 1. The normalized spacial score (nSPS) is 15.5. The van der Waals surface area contributed by atoms with Gasteiger partial charge in [0.25, 0.3) is 0 Å². The van der Waals surface area contributed by atoms with Crippen LogP contribution >= 0.6 is 0 Å². The fraction of sp³-hybridized carbons (Fsp3) is 0.478. The summed E-state index contributed by atoms with van der Waals surface area (Å²) in [5, 5.41) is 5.65. The molecule has 0 spiro atoms. The van der Waals surface area contributed by atoms with E-state index in [-0.39, 0.29) is 17.6 Å². The molecule has 0 radical (unpaired) electrons. The van der Waals surface area contributed by atoms with Crippen LogP contribution in [0.25, 0.3) is 16.7 Å². The van der Waals surface area contributed by atoms with Crippen molar-refractivity contribution >= 4 is 22.8 Å². The van der Waals surface area contributed by atoms with Crippen LogP contribution in [0.4, 0.5) is 10.2 Å². The highest BCUT2D eigenvalue weighted by Gasteiger charge is 2.26. The summed E-state index contributed by atoms with van der Waals surface area (Å²) in [6, 6.07) is 6.29. The van der Waals surface area contributed by atoms with E-state index in [1.807, 2.05) is 11.8 Å². The number of nitrogens with zero attached hydrogens (tertiary/aromatic N) is 6. The molecule has 164 valence electrons. The van der Waals surface area contributed by atoms with E-state index in [9.17, 15) is 9.18 Å². The number of halogens is 1. The third-order valence-corrected chi connectivity index (χ3v) is 5.96. The largest absolute Gasteiger partial charge is 0.352 e. The molecule has 3 heterocycles. The number of aromatic nitrogens is 4. The number of carbonyl (C=O) groups is 1. The van der Waals surface area contributed by atoms with Crippen LogP contribution in [0.1, 0.15) is 51.0 Å². The van der Waals surface area contributed by atoms with E-state index in [1.165, 1.54) is 12.1 Å². The first-order valence-electron chi connectivity index (χ1n) is 10.9. The van der Waals surface area contributed by atoms with E-state index < -0.39 is 0 Å². The monoisotopic (exact) mass is 424 g/mol. The average molecular weight is 425 g/mol. The molecule has 4 rings (SSSR count). The summed E-state index contributed by atoms with van der Waals surface area (Å²) in [6.45, 7) is 10.6. The van der Waals surface area contributed by atoms with Gasteiger partial charge in [-0.1, -0.05) is 20.3 Å². The highest BCUT2D eigenvalue weighted by molar-refractivity contribution is 5.91. The van der Waals surface area contributed by atoms with Gasteiger partial charge < -0.3 is 9.80 Å². The smallest absolute Gasteiger partial charge is 0.219 e. The molecule has 1 saturated heterocycles. The minimum absolute atomic E-state index is 0.102. The van der Waals surface area contributed by atoms with Gasteiger partial charge in [-0.3, -0.25) is 4.79 Å². The zero-order valence-corrected chi connectivity index (χ0v) is 18.6. The Bertz CT molecular complexity index is 1090. The quantitative estimate of drug-likeness (QED) is 0.623. The van der Waals surface area contributed by atoms with Gasteiger partial charge in [-0.05, 0) is 37.6 Å². The second-order valence-corrected chi connectivity index (χ2v) is 8.26. The molecule has 7 nitrogen and oxygen atoms in total. The number of anilines is 1. The van der Waals surface area contributed by atoms with Crippen molar-refractivity contribution in [2.45, 2.75) is 46.5 Å². The molecule has 1 atom stereocenters. The van der Waals surface area contributed by atoms with E-state index >= 15 is 0 Å². The van der Waals surface area contributed by atoms with Gasteiger partial charge in [-0.2, -0.15) is 5.10 Å². The van der Waals surface area contributed by atoms with Crippen LogP contribution in [0, 0.1) is 12.7 Å². The minimum Gasteiger partial charge on any atom is -0.352 e. The number of piperazine rings is 1. The molecule has 1 aliphatic heterocycles. The highest BCUT2D eigenvalue weighted by atomic mass is 19.1. The third-order valence-electron chi connectivity index (χ3n) is 5.96. The summed E-state index contributed by atoms with van der Waals surface area (Å²) in [5.74, 6) is 1.69. The van der Waals surface area contributed by atoms with E-state index in [2.05, 4.69) is 18.7 Å². The van der Waals surface area contributed by atoms with E-state index in [4.69, 9.17) is 15.1 Å². The summed E-state index contributed by atoms with van der Waals surface area (Å²) in [4.78, 5) is 25.8. The predicted molar refractivity (Wildman–Crippen MR) is 119 cm³/mol. The fourth-order valence-electron chi connectivity index (χ4n) is 4.18. The maximum atomic E-state index is 13.5. The van der Waals surface area contributed by atoms with Crippen molar-refractivity contribution in [3.8, 4) is 5.69 Å². The van der Waals surface area contributed by atoms with Crippen molar-refractivity contribution in [2.75, 3.05) is 31.1 Å². The van der Waals surface area contributed by atoms with E-state index in [1.54, 1.807) is 23.7 Å². The second-order valence-electron chi connectivity index (χ2n) is 8.26. The van der Waals surface area contributed by atoms with Crippen LogP contribution in [0.5, 0.6) is 0 Å². The SMILES string of the molecule is CCCC(C)c1nc(N2CCN(C(C)=O)CC2)c2c(C)nn(-c3ccc(F)cc3)c2n1. The van der Waals surface area contributed by atoms with Crippen molar-refractivity contribution in [2.24, 2.45) is 0 Å². The van der Waals surface area contributed by atoms with Crippen LogP contribution in [0.2, 0.25) is 0 Å². The summed E-state index contributed by atoms with van der Waals surface area (Å²) in [6.07, 6.45) is 2.04. The van der Waals surface area contributed by atoms with E-state index in [0.29, 0.717) is 26.2 Å². The zero-order chi connectivity index (χ0) is 22.1. The Morgan fingerprint density at radius 3 is 2.42 bits per heavy atom. The Morgan fingerprint density at radius 1 is 1.13 bits per heavy atom. The van der Waals surface area contributed by atoms with Crippen LogP contribution in [0.3, 0.4) is 0 Å². The summed E-state index contributed by atoms with van der Waals surface area (Å²) in [7, 11) is 0. The lowest BCUT2D eigenvalue weighted by Gasteiger charge is -2.35. The van der Waals surface area contributed by atoms with E-state index in [0.717, 1.165) is 46.9 Å². The topological polar surface area (TPSA) is 67.2 Å². The highest BCUT2D eigenvalue weighted by Crippen LogP contribution is 2.32. The van der Waals surface area contributed by atoms with Gasteiger partial charge >= 0.3 is 0 Å². The standard InChI is InChI=1S/C23H29FN6O/c1-5-6-15(2)21-25-22(29-13-11-28(12-14-29)17(4)31)20-16(3)27-30(23(20)26-21)19-9-7-18(24)8-10-19/h7-10,15H,5-6,11-14H2,1-4H3. The zero-order valence-electron chi connectivity index (χ0n) is 18.6. The van der Waals surface area contributed by atoms with Gasteiger partial charge in [0, 0.05) is 39.0 Å². The Morgan fingerprint density at radius 2 is 1.81 bits per heavy atom. The Balaban J connectivity index is 1.84. The maximum Gasteiger partial charge on any atom is 0.219 e. The number of amides is 1. The number of benzene rings is 1. The molecule has 0 aliphatic carbocycles. The second kappa shape index (κ2) is 8.61. The summed E-state index contributed by atoms with van der Waals surface area (Å²) < 4.78 is 15.3. The Kier molecular flexibility index (Phi) is 5.89. The first-order chi connectivity index (χ1) is 14.9. The number of aryl methyl sites for hydroxylation is 1. The van der Waals surface area contributed by atoms with Gasteiger partial charge in [-0.25, -0.2) is 19.0 Å². The first kappa shape index (κ1) is 21.2. The molecule has 0 N–H and O–H groups in total. The average Bonchev–Trinajstić information content (AvgIpc) is 3.10.